The van der Waals surface area contributed by atoms with Crippen LogP contribution < -0.4 is 14.5 Å². The van der Waals surface area contributed by atoms with E-state index in [1.54, 1.807) is 0 Å². The number of nitrogens with zero attached hydrogens (tertiary/aromatic N) is 4. The van der Waals surface area contributed by atoms with Crippen LogP contribution in [-0.2, 0) is 37.3 Å². The van der Waals surface area contributed by atoms with Crippen molar-refractivity contribution in [3.63, 3.8) is 0 Å². The molecule has 0 saturated carbocycles. The van der Waals surface area contributed by atoms with E-state index in [1.807, 2.05) is 6.07 Å². The van der Waals surface area contributed by atoms with Crippen molar-refractivity contribution >= 4 is 44.2 Å². The molecule has 0 spiro atoms. The van der Waals surface area contributed by atoms with Crippen molar-refractivity contribution in [3.8, 4) is 17.4 Å². The number of nitrogens with one attached hydrogen (secondary N) is 1. The largest absolute Gasteiger partial charge is 0.509 e. The summed E-state index contributed by atoms with van der Waals surface area (Å²) < 4.78 is 9.08. The number of para-hydroxylation sites is 2. The molecule has 3 heterocycles. The monoisotopic (exact) mass is 1020 g/mol. The third-order valence-electron chi connectivity index (χ3n) is 12.1. The Hall–Kier alpha value is -4.80. The summed E-state index contributed by atoms with van der Waals surface area (Å²) in [5.74, 6) is 2.04. The zero-order valence-electron chi connectivity index (χ0n) is 40.8. The average molecular weight is 1020 g/mol. The van der Waals surface area contributed by atoms with Gasteiger partial charge in [0.05, 0.1) is 17.7 Å². The topological polar surface area (TPSA) is 49.3 Å². The quantitative estimate of drug-likeness (QED) is 0.175. The van der Waals surface area contributed by atoms with Crippen LogP contribution in [-0.4, -0.2) is 21.2 Å². The first kappa shape index (κ1) is 47.7. The maximum atomic E-state index is 6.91. The molecule has 0 aliphatic carbocycles. The van der Waals surface area contributed by atoms with E-state index in [0.29, 0.717) is 18.2 Å². The number of anilines is 2. The summed E-state index contributed by atoms with van der Waals surface area (Å²) in [4.78, 5) is 13.8. The van der Waals surface area contributed by atoms with Gasteiger partial charge in [0.15, 0.2) is 0 Å². The third-order valence-corrected chi connectivity index (χ3v) is 12.1. The summed E-state index contributed by atoms with van der Waals surface area (Å²) in [6.45, 7) is 37.6. The number of fused-ring (bicyclic) bond motifs is 4. The minimum atomic E-state index is -0.181. The molecule has 7 heteroatoms. The molecule has 5 aromatic carbocycles. The number of aromatic nitrogens is 3. The van der Waals surface area contributed by atoms with Crippen molar-refractivity contribution in [2.24, 2.45) is 10.8 Å². The molecule has 2 aromatic heterocycles. The normalized spacial score (nSPS) is 14.2. The van der Waals surface area contributed by atoms with Crippen molar-refractivity contribution in [2.45, 2.75) is 127 Å². The number of imidazole rings is 1. The van der Waals surface area contributed by atoms with Gasteiger partial charge < -0.3 is 31.5 Å². The van der Waals surface area contributed by atoms with Gasteiger partial charge in [0, 0.05) is 66.0 Å². The van der Waals surface area contributed by atoms with Crippen molar-refractivity contribution in [2.75, 3.05) is 16.5 Å². The zero-order valence-corrected chi connectivity index (χ0v) is 43.1. The van der Waals surface area contributed by atoms with Crippen LogP contribution >= 0.6 is 0 Å². The average Bonchev–Trinajstić information content (AvgIpc) is 3.86. The van der Waals surface area contributed by atoms with Gasteiger partial charge in [-0.25, -0.2) is 4.98 Å². The summed E-state index contributed by atoms with van der Waals surface area (Å²) in [6, 6.07) is 38.1. The fourth-order valence-electron chi connectivity index (χ4n) is 8.80. The van der Waals surface area contributed by atoms with Crippen LogP contribution in [0.5, 0.6) is 11.5 Å². The van der Waals surface area contributed by atoms with E-state index >= 15 is 0 Å². The number of H-pyrrole nitrogens is 1. The molecule has 336 valence electrons. The van der Waals surface area contributed by atoms with E-state index < -0.39 is 0 Å². The van der Waals surface area contributed by atoms with Gasteiger partial charge >= 0.3 is 0 Å². The summed E-state index contributed by atoms with van der Waals surface area (Å²) in [6.07, 6.45) is 0. The molecular weight excluding hydrogens is 954 g/mol. The Kier molecular flexibility index (Phi) is 12.4. The summed E-state index contributed by atoms with van der Waals surface area (Å²) in [7, 11) is 0. The van der Waals surface area contributed by atoms with Gasteiger partial charge in [0.25, 0.3) is 0 Å². The number of aryl methyl sites for hydroxylation is 1. The fourth-order valence-corrected chi connectivity index (χ4v) is 8.80. The molecule has 1 N–H and O–H groups in total. The van der Waals surface area contributed by atoms with Crippen LogP contribution in [0, 0.1) is 37.3 Å². The van der Waals surface area contributed by atoms with Crippen LogP contribution in [0.1, 0.15) is 126 Å². The molecular formula is C56H68N5OPt-3. The van der Waals surface area contributed by atoms with E-state index in [1.165, 1.54) is 33.8 Å². The van der Waals surface area contributed by atoms with Crippen molar-refractivity contribution in [1.82, 2.24) is 14.5 Å². The first-order chi connectivity index (χ1) is 28.3. The Balaban J connectivity index is 0.00000330. The predicted octanol–water partition coefficient (Wildman–Crippen LogP) is 15.3. The second-order valence-corrected chi connectivity index (χ2v) is 22.4. The molecule has 1 aliphatic heterocycles. The molecule has 0 unspecified atom stereocenters. The maximum Gasteiger partial charge on any atom is 0.211 e. The van der Waals surface area contributed by atoms with E-state index in [4.69, 9.17) is 9.72 Å². The minimum Gasteiger partial charge on any atom is -0.509 e. The fraction of sp³-hybridized carbons (Fsp3) is 0.393. The Bertz CT molecular complexity index is 2820. The van der Waals surface area contributed by atoms with Crippen molar-refractivity contribution < 1.29 is 25.8 Å². The van der Waals surface area contributed by atoms with Crippen LogP contribution in [0.3, 0.4) is 0 Å². The van der Waals surface area contributed by atoms with Gasteiger partial charge in [-0.1, -0.05) is 151 Å². The van der Waals surface area contributed by atoms with Crippen LogP contribution in [0.2, 0.25) is 0 Å². The second kappa shape index (κ2) is 16.3. The molecule has 0 amide bonds. The van der Waals surface area contributed by atoms with Crippen molar-refractivity contribution in [3.05, 3.63) is 138 Å². The number of benzene rings is 5. The molecule has 8 rings (SSSR count). The molecule has 0 saturated heterocycles. The second-order valence-electron chi connectivity index (χ2n) is 22.4. The van der Waals surface area contributed by atoms with Crippen LogP contribution in [0.25, 0.3) is 38.8 Å². The number of allylic oxidation sites excluding steroid dienone is 2. The number of ether oxygens (including phenoxy) is 1. The molecule has 6 nitrogen and oxygen atoms in total. The zero-order chi connectivity index (χ0) is 44.2. The Morgan fingerprint density at radius 2 is 1.17 bits per heavy atom. The molecule has 63 heavy (non-hydrogen) atoms. The van der Waals surface area contributed by atoms with Gasteiger partial charge in [0.1, 0.15) is 0 Å². The number of hydrogen-bond donors (Lipinski definition) is 1. The molecule has 0 atom stereocenters. The SMILES string of the molecule is Cc1cccc2nc(-n3c4[c-]c(Oc5[c-]c(N6CN(c7cc(C(C)(C)C)cc(C(C)(C)C)c7)C(C(C)(C)C)=C6C(C)(C)C)cc(C(C)(C)C)c5)ccc4c4ccccc43)[nH]c12.[CH3-].[Pt]. The minimum absolute atomic E-state index is 0. The Morgan fingerprint density at radius 1 is 0.587 bits per heavy atom. The summed E-state index contributed by atoms with van der Waals surface area (Å²) >= 11 is 0. The number of rotatable bonds is 5. The molecule has 1 aliphatic rings. The van der Waals surface area contributed by atoms with Gasteiger partial charge in [-0.15, -0.1) is 41.3 Å². The molecule has 0 radical (unpaired) electrons. The van der Waals surface area contributed by atoms with Gasteiger partial charge in [0.2, 0.25) is 5.95 Å². The maximum absolute atomic E-state index is 6.91. The first-order valence-corrected chi connectivity index (χ1v) is 21.9. The van der Waals surface area contributed by atoms with Crippen LogP contribution in [0.15, 0.2) is 96.3 Å². The third kappa shape index (κ3) is 8.99. The van der Waals surface area contributed by atoms with Gasteiger partial charge in [-0.2, -0.15) is 6.07 Å². The van der Waals surface area contributed by atoms with Crippen LogP contribution in [0.4, 0.5) is 11.4 Å². The summed E-state index contributed by atoms with van der Waals surface area (Å²) in [5, 5.41) is 2.23. The van der Waals surface area contributed by atoms with E-state index in [9.17, 15) is 0 Å². The Labute approximate surface area is 392 Å². The van der Waals surface area contributed by atoms with Gasteiger partial charge in [-0.05, 0) is 69.5 Å². The molecule has 7 aromatic rings. The first-order valence-electron chi connectivity index (χ1n) is 21.9. The van der Waals surface area contributed by atoms with Gasteiger partial charge in [-0.3, -0.25) is 0 Å². The number of aromatic amines is 1. The Morgan fingerprint density at radius 3 is 1.76 bits per heavy atom. The summed E-state index contributed by atoms with van der Waals surface area (Å²) in [5.41, 5.74) is 13.3. The standard InChI is InChI=1S/C55H65N5O.CH3.Pt/c1-34-20-19-22-44-47(34)57-50(56-44)60-45-23-18-17-21-42(45)43-25-24-40(32-46(43)60)61-41-30-37(53(8,9)10)29-39(31-41)59-33-58(48(54(11,12)13)49(59)55(14,15)16)38-27-35(51(2,3)4)26-36(28-38)52(5,6)7;;/h17-30H,33H2,1-16H3,(H,56,57);1H3;/q-2;-1;. The van der Waals surface area contributed by atoms with E-state index in [-0.39, 0.29) is 55.6 Å². The predicted molar refractivity (Wildman–Crippen MR) is 264 cm³/mol. The smallest absolute Gasteiger partial charge is 0.211 e. The van der Waals surface area contributed by atoms with E-state index in [0.717, 1.165) is 50.0 Å². The molecule has 0 fully saturated rings. The van der Waals surface area contributed by atoms with Crippen molar-refractivity contribution in [1.29, 1.82) is 0 Å². The molecule has 0 bridgehead atoms. The number of hydrogen-bond acceptors (Lipinski definition) is 4. The van der Waals surface area contributed by atoms with E-state index in [2.05, 4.69) is 221 Å².